The van der Waals surface area contributed by atoms with Crippen molar-refractivity contribution in [2.75, 3.05) is 25.4 Å². The van der Waals surface area contributed by atoms with Gasteiger partial charge in [0.2, 0.25) is 0 Å². The molecule has 142 valence electrons. The predicted octanol–water partition coefficient (Wildman–Crippen LogP) is 2.08. The summed E-state index contributed by atoms with van der Waals surface area (Å²) in [4.78, 5) is 25.6. The lowest BCUT2D eigenvalue weighted by Gasteiger charge is -2.30. The topological polar surface area (TPSA) is 103 Å². The van der Waals surface area contributed by atoms with Crippen molar-refractivity contribution < 1.29 is 23.0 Å². The molecule has 1 aromatic heterocycles. The van der Waals surface area contributed by atoms with Crippen LogP contribution in [-0.4, -0.2) is 53.0 Å². The summed E-state index contributed by atoms with van der Waals surface area (Å²) in [6, 6.07) is 3.08. The van der Waals surface area contributed by atoms with Crippen LogP contribution in [0.5, 0.6) is 0 Å². The molecule has 3 rings (SSSR count). The minimum Gasteiger partial charge on any atom is -0.444 e. The van der Waals surface area contributed by atoms with Gasteiger partial charge in [-0.2, -0.15) is 0 Å². The molecule has 1 aromatic carbocycles. The van der Waals surface area contributed by atoms with Crippen molar-refractivity contribution in [3.8, 4) is 0 Å². The first-order chi connectivity index (χ1) is 13.0. The summed E-state index contributed by atoms with van der Waals surface area (Å²) in [5.41, 5.74) is 5.75. The highest BCUT2D eigenvalue weighted by Crippen LogP contribution is 2.15. The molecule has 1 amide bonds. The molecule has 1 aliphatic rings. The molecule has 1 saturated heterocycles. The van der Waals surface area contributed by atoms with Gasteiger partial charge in [0, 0.05) is 36.8 Å². The Morgan fingerprint density at radius 2 is 2.22 bits per heavy atom. The molecule has 0 bridgehead atoms. The van der Waals surface area contributed by atoms with E-state index in [9.17, 15) is 13.6 Å². The van der Waals surface area contributed by atoms with E-state index in [1.807, 2.05) is 0 Å². The number of nitrogen functional groups attached to an aromatic ring is 1. The number of aliphatic imine (C=N–C) groups is 1. The number of amides is 1. The molecule has 2 aromatic rings. The third kappa shape index (κ3) is 4.94. The van der Waals surface area contributed by atoms with Gasteiger partial charge in [-0.15, -0.1) is 0 Å². The molecule has 1 atom stereocenters. The number of nitrogens with two attached hydrogens (primary N) is 1. The van der Waals surface area contributed by atoms with Crippen molar-refractivity contribution in [1.82, 2.24) is 14.9 Å². The highest BCUT2D eigenvalue weighted by molar-refractivity contribution is 5.72. The van der Waals surface area contributed by atoms with E-state index in [4.69, 9.17) is 15.2 Å². The SMILES string of the molecule is Nc1nccnc1N=C[C@@H]1CN(C(=O)OCc2ccc(F)cc2F)CCO1. The molecule has 2 heterocycles. The molecule has 10 heteroatoms. The number of anilines is 1. The Hall–Kier alpha value is -3.14. The Balaban J connectivity index is 1.55. The zero-order chi connectivity index (χ0) is 19.2. The van der Waals surface area contributed by atoms with Gasteiger partial charge in [-0.05, 0) is 12.1 Å². The van der Waals surface area contributed by atoms with Gasteiger partial charge in [0.05, 0.1) is 13.2 Å². The third-order valence-corrected chi connectivity index (χ3v) is 3.79. The van der Waals surface area contributed by atoms with Crippen LogP contribution in [0.15, 0.2) is 35.6 Å². The third-order valence-electron chi connectivity index (χ3n) is 3.79. The van der Waals surface area contributed by atoms with Crippen LogP contribution in [0.1, 0.15) is 5.56 Å². The number of nitrogens with zero attached hydrogens (tertiary/aromatic N) is 4. The van der Waals surface area contributed by atoms with Gasteiger partial charge in [0.25, 0.3) is 0 Å². The van der Waals surface area contributed by atoms with Crippen LogP contribution >= 0.6 is 0 Å². The molecule has 1 fully saturated rings. The second-order valence-electron chi connectivity index (χ2n) is 5.69. The van der Waals surface area contributed by atoms with Crippen LogP contribution in [0.2, 0.25) is 0 Å². The van der Waals surface area contributed by atoms with E-state index >= 15 is 0 Å². The highest BCUT2D eigenvalue weighted by atomic mass is 19.1. The number of hydrogen-bond donors (Lipinski definition) is 1. The molecule has 0 unspecified atom stereocenters. The number of benzene rings is 1. The summed E-state index contributed by atoms with van der Waals surface area (Å²) in [5, 5.41) is 0. The monoisotopic (exact) mass is 377 g/mol. The average Bonchev–Trinajstić information content (AvgIpc) is 2.67. The van der Waals surface area contributed by atoms with E-state index in [1.165, 1.54) is 29.6 Å². The normalized spacial score (nSPS) is 17.3. The number of ether oxygens (including phenoxy) is 2. The van der Waals surface area contributed by atoms with Crippen LogP contribution in [-0.2, 0) is 16.1 Å². The van der Waals surface area contributed by atoms with Gasteiger partial charge in [-0.3, -0.25) is 0 Å². The van der Waals surface area contributed by atoms with Gasteiger partial charge in [-0.1, -0.05) is 0 Å². The summed E-state index contributed by atoms with van der Waals surface area (Å²) in [7, 11) is 0. The molecule has 27 heavy (non-hydrogen) atoms. The van der Waals surface area contributed by atoms with Crippen LogP contribution in [0, 0.1) is 11.6 Å². The van der Waals surface area contributed by atoms with Gasteiger partial charge in [0.15, 0.2) is 11.6 Å². The smallest absolute Gasteiger partial charge is 0.410 e. The second-order valence-corrected chi connectivity index (χ2v) is 5.69. The molecule has 0 radical (unpaired) electrons. The fraction of sp³-hybridized carbons (Fsp3) is 0.294. The van der Waals surface area contributed by atoms with Gasteiger partial charge >= 0.3 is 6.09 Å². The Labute approximate surface area is 153 Å². The van der Waals surface area contributed by atoms with Crippen molar-refractivity contribution in [1.29, 1.82) is 0 Å². The lowest BCUT2D eigenvalue weighted by molar-refractivity contribution is 0.00312. The number of carbonyl (C=O) groups excluding carboxylic acids is 1. The Bertz CT molecular complexity index is 849. The van der Waals surface area contributed by atoms with Crippen molar-refractivity contribution in [2.45, 2.75) is 12.7 Å². The van der Waals surface area contributed by atoms with Crippen molar-refractivity contribution in [2.24, 2.45) is 4.99 Å². The van der Waals surface area contributed by atoms with E-state index in [0.717, 1.165) is 12.1 Å². The summed E-state index contributed by atoms with van der Waals surface area (Å²) in [5.74, 6) is -1.02. The van der Waals surface area contributed by atoms with E-state index in [0.29, 0.717) is 6.54 Å². The average molecular weight is 377 g/mol. The lowest BCUT2D eigenvalue weighted by atomic mass is 10.2. The number of aromatic nitrogens is 2. The molecule has 0 aliphatic carbocycles. The summed E-state index contributed by atoms with van der Waals surface area (Å²) in [6.45, 7) is 0.514. The first-order valence-electron chi connectivity index (χ1n) is 8.11. The van der Waals surface area contributed by atoms with Crippen LogP contribution in [0.25, 0.3) is 0 Å². The Morgan fingerprint density at radius 3 is 3.00 bits per heavy atom. The molecule has 0 spiro atoms. The zero-order valence-electron chi connectivity index (χ0n) is 14.2. The number of halogens is 2. The fourth-order valence-electron chi connectivity index (χ4n) is 2.40. The van der Waals surface area contributed by atoms with Gasteiger partial charge in [0.1, 0.15) is 24.3 Å². The maximum Gasteiger partial charge on any atom is 0.410 e. The largest absolute Gasteiger partial charge is 0.444 e. The van der Waals surface area contributed by atoms with Gasteiger partial charge in [-0.25, -0.2) is 28.5 Å². The quantitative estimate of drug-likeness (QED) is 0.819. The maximum absolute atomic E-state index is 13.6. The number of rotatable bonds is 4. The van der Waals surface area contributed by atoms with Crippen LogP contribution in [0.3, 0.4) is 0 Å². The molecule has 1 aliphatic heterocycles. The zero-order valence-corrected chi connectivity index (χ0v) is 14.2. The molecule has 0 saturated carbocycles. The van der Waals surface area contributed by atoms with Crippen molar-refractivity contribution >= 4 is 23.9 Å². The fourth-order valence-corrected chi connectivity index (χ4v) is 2.40. The maximum atomic E-state index is 13.6. The van der Waals surface area contributed by atoms with Crippen LogP contribution < -0.4 is 5.73 Å². The second kappa shape index (κ2) is 8.49. The van der Waals surface area contributed by atoms with E-state index in [-0.39, 0.29) is 37.0 Å². The summed E-state index contributed by atoms with van der Waals surface area (Å²) >= 11 is 0. The molecular weight excluding hydrogens is 360 g/mol. The van der Waals surface area contributed by atoms with Crippen molar-refractivity contribution in [3.05, 3.63) is 47.8 Å². The Kier molecular flexibility index (Phi) is 5.87. The van der Waals surface area contributed by atoms with E-state index in [2.05, 4.69) is 15.0 Å². The predicted molar refractivity (Wildman–Crippen MR) is 92.5 cm³/mol. The van der Waals surface area contributed by atoms with Crippen LogP contribution in [0.4, 0.5) is 25.2 Å². The van der Waals surface area contributed by atoms with Gasteiger partial charge < -0.3 is 20.1 Å². The minimum absolute atomic E-state index is 0.0919. The minimum atomic E-state index is -0.767. The summed E-state index contributed by atoms with van der Waals surface area (Å²) in [6.07, 6.45) is 3.30. The molecule has 8 nitrogen and oxygen atoms in total. The first-order valence-corrected chi connectivity index (χ1v) is 8.11. The van der Waals surface area contributed by atoms with E-state index in [1.54, 1.807) is 0 Å². The highest BCUT2D eigenvalue weighted by Gasteiger charge is 2.24. The van der Waals surface area contributed by atoms with E-state index < -0.39 is 23.8 Å². The number of hydrogen-bond acceptors (Lipinski definition) is 7. The first kappa shape index (κ1) is 18.6. The Morgan fingerprint density at radius 1 is 1.41 bits per heavy atom. The lowest BCUT2D eigenvalue weighted by Crippen LogP contribution is -2.46. The number of morpholine rings is 1. The standard InChI is InChI=1S/C17H17F2N5O3/c18-12-2-1-11(14(19)7-12)10-27-17(25)24-5-6-26-13(9-24)8-23-16-15(20)21-3-4-22-16/h1-4,7-8,13H,5-6,9-10H2,(H2,20,21)/t13-/m1/s1. The molecular formula is C17H17F2N5O3. The molecule has 2 N–H and O–H groups in total. The summed E-state index contributed by atoms with van der Waals surface area (Å²) < 4.78 is 37.1. The van der Waals surface area contributed by atoms with Crippen molar-refractivity contribution in [3.63, 3.8) is 0 Å². The number of carbonyl (C=O) groups is 1.